The van der Waals surface area contributed by atoms with Crippen LogP contribution in [0.2, 0.25) is 0 Å². The number of halogens is 2. The van der Waals surface area contributed by atoms with Crippen molar-refractivity contribution in [2.45, 2.75) is 12.8 Å². The van der Waals surface area contributed by atoms with Gasteiger partial charge < -0.3 is 4.84 Å². The Morgan fingerprint density at radius 3 is 2.44 bits per heavy atom. The Bertz CT molecular complexity index is 530. The van der Waals surface area contributed by atoms with Crippen LogP contribution in [0, 0.1) is 9.39 Å². The number of carbonyl (C=O) groups is 3. The SMILES string of the molecule is O=C(ON1C(=O)CCC1=O)c1ccc(F)c(I)c1. The summed E-state index contributed by atoms with van der Waals surface area (Å²) in [5.41, 5.74) is 0.0771. The summed E-state index contributed by atoms with van der Waals surface area (Å²) in [7, 11) is 0. The molecule has 0 radical (unpaired) electrons. The number of carbonyl (C=O) groups excluding carboxylic acids is 3. The second kappa shape index (κ2) is 5.01. The molecule has 0 atom stereocenters. The van der Waals surface area contributed by atoms with Gasteiger partial charge in [0.15, 0.2) is 0 Å². The molecule has 1 fully saturated rings. The normalized spacial score (nSPS) is 15.1. The van der Waals surface area contributed by atoms with Crippen molar-refractivity contribution in [3.8, 4) is 0 Å². The van der Waals surface area contributed by atoms with Crippen LogP contribution in [0.25, 0.3) is 0 Å². The fourth-order valence-electron chi connectivity index (χ4n) is 1.42. The van der Waals surface area contributed by atoms with Gasteiger partial charge in [0.25, 0.3) is 11.8 Å². The summed E-state index contributed by atoms with van der Waals surface area (Å²) in [5, 5.41) is 0.457. The van der Waals surface area contributed by atoms with Crippen molar-refractivity contribution in [1.82, 2.24) is 5.06 Å². The summed E-state index contributed by atoms with van der Waals surface area (Å²) < 4.78 is 13.3. The van der Waals surface area contributed by atoms with E-state index in [2.05, 4.69) is 4.84 Å². The molecular weight excluding hydrogens is 356 g/mol. The van der Waals surface area contributed by atoms with Gasteiger partial charge >= 0.3 is 5.97 Å². The zero-order chi connectivity index (χ0) is 13.3. The molecule has 1 aromatic rings. The van der Waals surface area contributed by atoms with Crippen molar-refractivity contribution < 1.29 is 23.6 Å². The Kier molecular flexibility index (Phi) is 3.60. The third-order valence-corrected chi connectivity index (χ3v) is 3.16. The first kappa shape index (κ1) is 12.9. The van der Waals surface area contributed by atoms with E-state index in [1.807, 2.05) is 0 Å². The minimum absolute atomic E-state index is 0.0348. The summed E-state index contributed by atoms with van der Waals surface area (Å²) in [6.07, 6.45) is 0.0696. The molecule has 0 aromatic heterocycles. The van der Waals surface area contributed by atoms with Crippen LogP contribution in [0.3, 0.4) is 0 Å². The van der Waals surface area contributed by atoms with Crippen LogP contribution >= 0.6 is 22.6 Å². The average molecular weight is 363 g/mol. The number of hydrogen-bond donors (Lipinski definition) is 0. The molecule has 0 bridgehead atoms. The average Bonchev–Trinajstić information content (AvgIpc) is 2.64. The van der Waals surface area contributed by atoms with E-state index in [0.717, 1.165) is 6.07 Å². The maximum atomic E-state index is 13.0. The molecule has 0 spiro atoms. The fourth-order valence-corrected chi connectivity index (χ4v) is 1.93. The van der Waals surface area contributed by atoms with Crippen LogP contribution in [0.1, 0.15) is 23.2 Å². The molecular formula is C11H7FINO4. The highest BCUT2D eigenvalue weighted by molar-refractivity contribution is 14.1. The molecule has 2 rings (SSSR count). The molecule has 1 aromatic carbocycles. The molecule has 0 aliphatic carbocycles. The Morgan fingerprint density at radius 2 is 1.89 bits per heavy atom. The van der Waals surface area contributed by atoms with Gasteiger partial charge in [0.2, 0.25) is 0 Å². The van der Waals surface area contributed by atoms with Crippen LogP contribution in [-0.2, 0) is 14.4 Å². The second-order valence-electron chi connectivity index (χ2n) is 3.59. The van der Waals surface area contributed by atoms with Crippen LogP contribution in [0.4, 0.5) is 4.39 Å². The number of benzene rings is 1. The zero-order valence-electron chi connectivity index (χ0n) is 8.98. The lowest BCUT2D eigenvalue weighted by atomic mass is 10.2. The topological polar surface area (TPSA) is 63.7 Å². The molecule has 0 unspecified atom stereocenters. The van der Waals surface area contributed by atoms with Gasteiger partial charge in [-0.25, -0.2) is 9.18 Å². The first-order chi connectivity index (χ1) is 8.49. The van der Waals surface area contributed by atoms with Crippen molar-refractivity contribution in [2.75, 3.05) is 0 Å². The van der Waals surface area contributed by atoms with E-state index >= 15 is 0 Å². The van der Waals surface area contributed by atoms with Gasteiger partial charge in [-0.3, -0.25) is 9.59 Å². The Morgan fingerprint density at radius 1 is 1.28 bits per heavy atom. The van der Waals surface area contributed by atoms with E-state index in [1.165, 1.54) is 12.1 Å². The highest BCUT2D eigenvalue weighted by Crippen LogP contribution is 2.17. The van der Waals surface area contributed by atoms with Crippen molar-refractivity contribution in [3.63, 3.8) is 0 Å². The van der Waals surface area contributed by atoms with Crippen molar-refractivity contribution in [2.24, 2.45) is 0 Å². The van der Waals surface area contributed by atoms with Crippen LogP contribution in [0.5, 0.6) is 0 Å². The van der Waals surface area contributed by atoms with Gasteiger partial charge in [0, 0.05) is 16.4 Å². The molecule has 1 heterocycles. The molecule has 18 heavy (non-hydrogen) atoms. The Labute approximate surface area is 115 Å². The Hall–Kier alpha value is -1.51. The molecule has 1 saturated heterocycles. The minimum Gasteiger partial charge on any atom is -0.325 e. The first-order valence-corrected chi connectivity index (χ1v) is 6.10. The number of rotatable bonds is 2. The zero-order valence-corrected chi connectivity index (χ0v) is 11.1. The summed E-state index contributed by atoms with van der Waals surface area (Å²) in [4.78, 5) is 38.8. The van der Waals surface area contributed by atoms with Gasteiger partial charge in [-0.2, -0.15) is 0 Å². The lowest BCUT2D eigenvalue weighted by Crippen LogP contribution is -2.32. The van der Waals surface area contributed by atoms with Gasteiger partial charge in [-0.15, -0.1) is 5.06 Å². The number of hydrogen-bond acceptors (Lipinski definition) is 4. The van der Waals surface area contributed by atoms with Gasteiger partial charge in [-0.05, 0) is 40.8 Å². The standard InChI is InChI=1S/C11H7FINO4/c12-7-2-1-6(5-8(7)13)11(17)18-14-9(15)3-4-10(14)16/h1-2,5H,3-4H2. The summed E-state index contributed by atoms with van der Waals surface area (Å²) in [6.45, 7) is 0. The second-order valence-corrected chi connectivity index (χ2v) is 4.75. The molecule has 0 saturated carbocycles. The maximum Gasteiger partial charge on any atom is 0.363 e. The summed E-state index contributed by atoms with van der Waals surface area (Å²) >= 11 is 1.73. The van der Waals surface area contributed by atoms with Gasteiger partial charge in [-0.1, -0.05) is 0 Å². The highest BCUT2D eigenvalue weighted by atomic mass is 127. The van der Waals surface area contributed by atoms with E-state index < -0.39 is 23.6 Å². The van der Waals surface area contributed by atoms with E-state index in [1.54, 1.807) is 22.6 Å². The van der Waals surface area contributed by atoms with E-state index in [-0.39, 0.29) is 22.0 Å². The largest absolute Gasteiger partial charge is 0.363 e. The lowest BCUT2D eigenvalue weighted by molar-refractivity contribution is -0.172. The lowest BCUT2D eigenvalue weighted by Gasteiger charge is -2.12. The van der Waals surface area contributed by atoms with Gasteiger partial charge in [0.1, 0.15) is 5.82 Å². The van der Waals surface area contributed by atoms with Crippen LogP contribution in [0.15, 0.2) is 18.2 Å². The van der Waals surface area contributed by atoms with Crippen molar-refractivity contribution in [3.05, 3.63) is 33.1 Å². The summed E-state index contributed by atoms with van der Waals surface area (Å²) in [5.74, 6) is -2.42. The van der Waals surface area contributed by atoms with Crippen molar-refractivity contribution >= 4 is 40.4 Å². The predicted octanol–water partition coefficient (Wildman–Crippen LogP) is 1.65. The molecule has 7 heteroatoms. The van der Waals surface area contributed by atoms with E-state index in [4.69, 9.17) is 0 Å². The first-order valence-electron chi connectivity index (χ1n) is 5.02. The smallest absolute Gasteiger partial charge is 0.325 e. The molecule has 2 amide bonds. The third-order valence-electron chi connectivity index (χ3n) is 2.34. The monoisotopic (exact) mass is 363 g/mol. The number of amides is 2. The number of hydroxylamine groups is 2. The maximum absolute atomic E-state index is 13.0. The minimum atomic E-state index is -0.864. The predicted molar refractivity (Wildman–Crippen MR) is 65.6 cm³/mol. The summed E-state index contributed by atoms with van der Waals surface area (Å²) in [6, 6.07) is 3.63. The molecule has 0 N–H and O–H groups in total. The highest BCUT2D eigenvalue weighted by Gasteiger charge is 2.33. The number of imide groups is 1. The molecule has 1 aliphatic heterocycles. The molecule has 5 nitrogen and oxygen atoms in total. The van der Waals surface area contributed by atoms with E-state index in [9.17, 15) is 18.8 Å². The van der Waals surface area contributed by atoms with Gasteiger partial charge in [0.05, 0.1) is 5.56 Å². The number of nitrogens with zero attached hydrogens (tertiary/aromatic N) is 1. The fraction of sp³-hybridized carbons (Fsp3) is 0.182. The quantitative estimate of drug-likeness (QED) is 0.592. The Balaban J connectivity index is 2.14. The van der Waals surface area contributed by atoms with Crippen molar-refractivity contribution in [1.29, 1.82) is 0 Å². The van der Waals surface area contributed by atoms with Crippen LogP contribution in [-0.4, -0.2) is 22.8 Å². The molecule has 1 aliphatic rings. The van der Waals surface area contributed by atoms with Crippen LogP contribution < -0.4 is 0 Å². The molecule has 94 valence electrons. The third kappa shape index (κ3) is 2.50. The van der Waals surface area contributed by atoms with E-state index in [0.29, 0.717) is 5.06 Å².